The summed E-state index contributed by atoms with van der Waals surface area (Å²) in [5.41, 5.74) is 6.04. The molecule has 1 N–H and O–H groups in total. The molecule has 0 bridgehead atoms. The van der Waals surface area contributed by atoms with Crippen LogP contribution >= 0.6 is 0 Å². The number of carbonyl (C=O) groups is 1. The third-order valence-corrected chi connectivity index (χ3v) is 7.40. The Morgan fingerprint density at radius 2 is 1.89 bits per heavy atom. The van der Waals surface area contributed by atoms with Gasteiger partial charge in [-0.05, 0) is 54.2 Å². The number of anilines is 1. The van der Waals surface area contributed by atoms with E-state index >= 15 is 0 Å². The maximum atomic E-state index is 12.7. The average molecular weight is 385 g/mol. The van der Waals surface area contributed by atoms with Crippen molar-refractivity contribution in [1.29, 1.82) is 0 Å². The minimum absolute atomic E-state index is 0.0685. The fourth-order valence-electron chi connectivity index (χ4n) is 4.11. The first-order valence-corrected chi connectivity index (χ1v) is 11.1. The van der Waals surface area contributed by atoms with Gasteiger partial charge in [0.15, 0.2) is 9.84 Å². The second-order valence-electron chi connectivity index (χ2n) is 7.58. The molecule has 1 aliphatic heterocycles. The van der Waals surface area contributed by atoms with E-state index in [4.69, 9.17) is 0 Å². The third kappa shape index (κ3) is 3.46. The van der Waals surface area contributed by atoms with Gasteiger partial charge in [-0.2, -0.15) is 0 Å². The molecule has 27 heavy (non-hydrogen) atoms. The van der Waals surface area contributed by atoms with Gasteiger partial charge < -0.3 is 10.2 Å². The minimum Gasteiger partial charge on any atom is -0.374 e. The Balaban J connectivity index is 1.45. The van der Waals surface area contributed by atoms with Crippen molar-refractivity contribution >= 4 is 21.4 Å². The van der Waals surface area contributed by atoms with E-state index in [1.807, 2.05) is 13.0 Å². The second-order valence-corrected chi connectivity index (χ2v) is 9.81. The lowest BCUT2D eigenvalue weighted by Gasteiger charge is -2.27. The van der Waals surface area contributed by atoms with Crippen LogP contribution < -0.4 is 5.32 Å². The summed E-state index contributed by atoms with van der Waals surface area (Å²) in [7, 11) is -1.31. The second kappa shape index (κ2) is 6.68. The topological polar surface area (TPSA) is 66.5 Å². The van der Waals surface area contributed by atoms with Crippen LogP contribution in [0.2, 0.25) is 0 Å². The molecule has 0 saturated carbocycles. The fraction of sp³-hybridized carbons (Fsp3) is 0.381. The zero-order valence-electron chi connectivity index (χ0n) is 15.6. The molecule has 5 nitrogen and oxygen atoms in total. The van der Waals surface area contributed by atoms with E-state index in [1.165, 1.54) is 22.3 Å². The van der Waals surface area contributed by atoms with E-state index in [2.05, 4.69) is 41.7 Å². The van der Waals surface area contributed by atoms with Gasteiger partial charge >= 0.3 is 0 Å². The lowest BCUT2D eigenvalue weighted by Crippen LogP contribution is -2.45. The van der Waals surface area contributed by atoms with Crippen LogP contribution in [0, 0.1) is 0 Å². The highest BCUT2D eigenvalue weighted by Gasteiger charge is 2.34. The molecule has 0 unspecified atom stereocenters. The third-order valence-electron chi connectivity index (χ3n) is 5.65. The average Bonchev–Trinajstić information content (AvgIpc) is 3.19. The molecule has 4 rings (SSSR count). The summed E-state index contributed by atoms with van der Waals surface area (Å²) in [6.45, 7) is 1.82. The summed E-state index contributed by atoms with van der Waals surface area (Å²) < 4.78 is 23.4. The monoisotopic (exact) mass is 384 g/mol. The van der Waals surface area contributed by atoms with Crippen molar-refractivity contribution in [2.75, 3.05) is 23.9 Å². The SMILES string of the molecule is C[C@H](Nc1ccc2c(c1)Cc1ccccc1-2)C(=O)N(C)[C@H]1CCS(=O)(=O)C1. The first-order chi connectivity index (χ1) is 12.8. The summed E-state index contributed by atoms with van der Waals surface area (Å²) in [4.78, 5) is 14.3. The fourth-order valence-corrected chi connectivity index (χ4v) is 5.89. The van der Waals surface area contributed by atoms with Gasteiger partial charge in [-0.25, -0.2) is 8.42 Å². The van der Waals surface area contributed by atoms with Crippen LogP contribution in [0.4, 0.5) is 5.69 Å². The molecule has 6 heteroatoms. The maximum absolute atomic E-state index is 12.7. The summed E-state index contributed by atoms with van der Waals surface area (Å²) in [6.07, 6.45) is 1.43. The predicted molar refractivity (Wildman–Crippen MR) is 108 cm³/mol. The first-order valence-electron chi connectivity index (χ1n) is 9.29. The number of benzene rings is 2. The number of rotatable bonds is 4. The standard InChI is InChI=1S/C21H24N2O3S/c1-14(21(24)23(2)18-9-10-27(25,26)13-18)22-17-7-8-20-16(12-17)11-15-5-3-4-6-19(15)20/h3-8,12,14,18,22H,9-11,13H2,1-2H3/t14-,18-/m0/s1. The lowest BCUT2D eigenvalue weighted by molar-refractivity contribution is -0.132. The maximum Gasteiger partial charge on any atom is 0.244 e. The molecule has 0 aromatic heterocycles. The van der Waals surface area contributed by atoms with E-state index in [-0.39, 0.29) is 23.5 Å². The molecule has 2 aliphatic rings. The Morgan fingerprint density at radius 1 is 1.15 bits per heavy atom. The molecule has 1 aliphatic carbocycles. The molecule has 2 aromatic rings. The van der Waals surface area contributed by atoms with Gasteiger partial charge in [-0.1, -0.05) is 30.3 Å². The zero-order chi connectivity index (χ0) is 19.2. The van der Waals surface area contributed by atoms with E-state index in [0.29, 0.717) is 6.42 Å². The van der Waals surface area contributed by atoms with Gasteiger partial charge in [0, 0.05) is 18.8 Å². The largest absolute Gasteiger partial charge is 0.374 e. The number of amides is 1. The number of nitrogens with zero attached hydrogens (tertiary/aromatic N) is 1. The van der Waals surface area contributed by atoms with Gasteiger partial charge in [0.05, 0.1) is 11.5 Å². The van der Waals surface area contributed by atoms with Crippen LogP contribution in [0.1, 0.15) is 24.5 Å². The van der Waals surface area contributed by atoms with Crippen molar-refractivity contribution in [3.05, 3.63) is 53.6 Å². The van der Waals surface area contributed by atoms with E-state index in [0.717, 1.165) is 12.1 Å². The number of hydrogen-bond acceptors (Lipinski definition) is 4. The number of sulfone groups is 1. The Bertz CT molecular complexity index is 1000. The molecular weight excluding hydrogens is 360 g/mol. The van der Waals surface area contributed by atoms with Gasteiger partial charge in [-0.15, -0.1) is 0 Å². The van der Waals surface area contributed by atoms with Gasteiger partial charge in [0.25, 0.3) is 0 Å². The van der Waals surface area contributed by atoms with E-state index < -0.39 is 15.9 Å². The van der Waals surface area contributed by atoms with Crippen LogP contribution in [0.25, 0.3) is 11.1 Å². The number of likely N-dealkylation sites (N-methyl/N-ethyl adjacent to an activating group) is 1. The van der Waals surface area contributed by atoms with Crippen molar-refractivity contribution in [1.82, 2.24) is 4.90 Å². The smallest absolute Gasteiger partial charge is 0.244 e. The van der Waals surface area contributed by atoms with Crippen LogP contribution in [-0.4, -0.2) is 49.9 Å². The van der Waals surface area contributed by atoms with E-state index in [1.54, 1.807) is 11.9 Å². The summed E-state index contributed by atoms with van der Waals surface area (Å²) >= 11 is 0. The number of hydrogen-bond donors (Lipinski definition) is 1. The highest BCUT2D eigenvalue weighted by atomic mass is 32.2. The van der Waals surface area contributed by atoms with Gasteiger partial charge in [0.2, 0.25) is 5.91 Å². The van der Waals surface area contributed by atoms with Crippen molar-refractivity contribution in [3.63, 3.8) is 0 Å². The Hall–Kier alpha value is -2.34. The molecular formula is C21H24N2O3S. The molecule has 1 fully saturated rings. The number of carbonyl (C=O) groups excluding carboxylic acids is 1. The quantitative estimate of drug-likeness (QED) is 0.751. The van der Waals surface area contributed by atoms with Gasteiger partial charge in [0.1, 0.15) is 6.04 Å². The summed E-state index contributed by atoms with van der Waals surface area (Å²) in [5, 5.41) is 3.28. The molecule has 142 valence electrons. The molecule has 1 heterocycles. The van der Waals surface area contributed by atoms with E-state index in [9.17, 15) is 13.2 Å². The van der Waals surface area contributed by atoms with Crippen molar-refractivity contribution in [2.45, 2.75) is 31.8 Å². The van der Waals surface area contributed by atoms with Crippen LogP contribution in [0.15, 0.2) is 42.5 Å². The van der Waals surface area contributed by atoms with Crippen LogP contribution in [0.5, 0.6) is 0 Å². The van der Waals surface area contributed by atoms with Crippen LogP contribution in [-0.2, 0) is 21.1 Å². The lowest BCUT2D eigenvalue weighted by atomic mass is 10.1. The molecule has 0 spiro atoms. The predicted octanol–water partition coefficient (Wildman–Crippen LogP) is 2.70. The normalized spacial score (nSPS) is 20.6. The van der Waals surface area contributed by atoms with Crippen molar-refractivity contribution in [2.24, 2.45) is 0 Å². The number of fused-ring (bicyclic) bond motifs is 3. The van der Waals surface area contributed by atoms with Crippen LogP contribution in [0.3, 0.4) is 0 Å². The van der Waals surface area contributed by atoms with Crippen molar-refractivity contribution < 1.29 is 13.2 Å². The molecule has 1 amide bonds. The zero-order valence-corrected chi connectivity index (χ0v) is 16.4. The minimum atomic E-state index is -3.01. The highest BCUT2D eigenvalue weighted by molar-refractivity contribution is 7.91. The molecule has 2 atom stereocenters. The summed E-state index contributed by atoms with van der Waals surface area (Å²) in [6, 6.07) is 14.0. The summed E-state index contributed by atoms with van der Waals surface area (Å²) in [5.74, 6) is 0.155. The molecule has 1 saturated heterocycles. The van der Waals surface area contributed by atoms with Crippen molar-refractivity contribution in [3.8, 4) is 11.1 Å². The first kappa shape index (κ1) is 18.0. The van der Waals surface area contributed by atoms with Gasteiger partial charge in [-0.3, -0.25) is 4.79 Å². The number of nitrogens with one attached hydrogen (secondary N) is 1. The Labute approximate surface area is 160 Å². The molecule has 0 radical (unpaired) electrons. The molecule has 2 aromatic carbocycles. The highest BCUT2D eigenvalue weighted by Crippen LogP contribution is 2.37. The Morgan fingerprint density at radius 3 is 2.63 bits per heavy atom. The Kier molecular flexibility index (Phi) is 4.46.